The van der Waals surface area contributed by atoms with Crippen LogP contribution in [-0.4, -0.2) is 56.3 Å². The third-order valence-electron chi connectivity index (χ3n) is 3.92. The number of nitrogens with zero attached hydrogens (tertiary/aromatic N) is 2. The van der Waals surface area contributed by atoms with Crippen LogP contribution in [-0.2, 0) is 14.8 Å². The van der Waals surface area contributed by atoms with Crippen LogP contribution in [0.1, 0.15) is 0 Å². The van der Waals surface area contributed by atoms with Crippen molar-refractivity contribution in [1.29, 1.82) is 0 Å². The Morgan fingerprint density at radius 3 is 2.46 bits per heavy atom. The van der Waals surface area contributed by atoms with Gasteiger partial charge in [0.15, 0.2) is 6.61 Å². The number of hydrogen-bond acceptors (Lipinski definition) is 5. The molecule has 0 bridgehead atoms. The zero-order valence-corrected chi connectivity index (χ0v) is 17.6. The summed E-state index contributed by atoms with van der Waals surface area (Å²) in [4.78, 5) is 13.9. The monoisotopic (exact) mass is 478 g/mol. The van der Waals surface area contributed by atoms with Crippen molar-refractivity contribution >= 4 is 54.8 Å². The molecule has 2 aromatic rings. The van der Waals surface area contributed by atoms with Crippen molar-refractivity contribution in [2.45, 2.75) is 4.21 Å². The van der Waals surface area contributed by atoms with E-state index in [4.69, 9.17) is 16.3 Å². The Kier molecular flexibility index (Phi) is 6.24. The van der Waals surface area contributed by atoms with Crippen LogP contribution in [0.4, 0.5) is 0 Å². The first-order valence-corrected chi connectivity index (χ1v) is 11.2. The molecule has 0 spiro atoms. The van der Waals surface area contributed by atoms with E-state index in [1.54, 1.807) is 41.3 Å². The van der Waals surface area contributed by atoms with E-state index in [1.807, 2.05) is 0 Å². The van der Waals surface area contributed by atoms with Crippen molar-refractivity contribution in [1.82, 2.24) is 9.21 Å². The van der Waals surface area contributed by atoms with E-state index in [0.717, 1.165) is 3.79 Å². The van der Waals surface area contributed by atoms with Crippen LogP contribution in [0.5, 0.6) is 5.75 Å². The molecule has 1 fully saturated rings. The number of carbonyl (C=O) groups is 1. The van der Waals surface area contributed by atoms with Gasteiger partial charge in [-0.25, -0.2) is 8.42 Å². The van der Waals surface area contributed by atoms with Crippen molar-refractivity contribution in [3.05, 3.63) is 45.2 Å². The normalized spacial score (nSPS) is 15.8. The van der Waals surface area contributed by atoms with Gasteiger partial charge < -0.3 is 9.64 Å². The topological polar surface area (TPSA) is 66.9 Å². The predicted molar refractivity (Wildman–Crippen MR) is 104 cm³/mol. The molecule has 0 atom stereocenters. The highest BCUT2D eigenvalue weighted by atomic mass is 79.9. The molecule has 26 heavy (non-hydrogen) atoms. The molecule has 0 saturated carbocycles. The fourth-order valence-corrected chi connectivity index (χ4v) is 6.31. The first-order valence-electron chi connectivity index (χ1n) is 7.78. The van der Waals surface area contributed by atoms with Crippen LogP contribution in [0.25, 0.3) is 0 Å². The SMILES string of the molecule is O=C(COc1ccccc1Cl)N1CCN(S(=O)(=O)c2ccc(Br)s2)CC1. The van der Waals surface area contributed by atoms with Crippen molar-refractivity contribution in [3.63, 3.8) is 0 Å². The van der Waals surface area contributed by atoms with Gasteiger partial charge in [0, 0.05) is 26.2 Å². The molecule has 1 aromatic heterocycles. The molecule has 140 valence electrons. The highest BCUT2D eigenvalue weighted by Crippen LogP contribution is 2.29. The summed E-state index contributed by atoms with van der Waals surface area (Å²) in [7, 11) is -3.52. The van der Waals surface area contributed by atoms with Crippen molar-refractivity contribution in [2.75, 3.05) is 32.8 Å². The summed E-state index contributed by atoms with van der Waals surface area (Å²) in [5.41, 5.74) is 0. The molecule has 10 heteroatoms. The molecule has 1 aliphatic heterocycles. The summed E-state index contributed by atoms with van der Waals surface area (Å²) in [6.07, 6.45) is 0. The van der Waals surface area contributed by atoms with Crippen LogP contribution in [0.2, 0.25) is 5.02 Å². The van der Waals surface area contributed by atoms with E-state index >= 15 is 0 Å². The first kappa shape index (κ1) is 19.6. The number of hydrogen-bond donors (Lipinski definition) is 0. The molecule has 6 nitrogen and oxygen atoms in total. The van der Waals surface area contributed by atoms with Gasteiger partial charge >= 0.3 is 0 Å². The highest BCUT2D eigenvalue weighted by Gasteiger charge is 2.31. The molecule has 0 radical (unpaired) electrons. The number of ether oxygens (including phenoxy) is 1. The lowest BCUT2D eigenvalue weighted by atomic mass is 10.3. The lowest BCUT2D eigenvalue weighted by Crippen LogP contribution is -2.51. The van der Waals surface area contributed by atoms with Crippen LogP contribution < -0.4 is 4.74 Å². The molecule has 3 rings (SSSR count). The fourth-order valence-electron chi connectivity index (χ4n) is 2.53. The summed E-state index contributed by atoms with van der Waals surface area (Å²) in [6, 6.07) is 10.2. The van der Waals surface area contributed by atoms with Crippen LogP contribution in [0.15, 0.2) is 44.4 Å². The largest absolute Gasteiger partial charge is 0.482 e. The van der Waals surface area contributed by atoms with Gasteiger partial charge in [-0.2, -0.15) is 4.31 Å². The number of rotatable bonds is 5. The molecule has 1 aromatic carbocycles. The molecule has 0 aliphatic carbocycles. The molecule has 1 amide bonds. The van der Waals surface area contributed by atoms with Crippen molar-refractivity contribution in [3.8, 4) is 5.75 Å². The number of amides is 1. The Morgan fingerprint density at radius 1 is 1.15 bits per heavy atom. The van der Waals surface area contributed by atoms with E-state index in [0.29, 0.717) is 28.1 Å². The number of piperazine rings is 1. The second-order valence-electron chi connectivity index (χ2n) is 5.56. The lowest BCUT2D eigenvalue weighted by molar-refractivity contribution is -0.134. The van der Waals surface area contributed by atoms with Gasteiger partial charge in [-0.15, -0.1) is 11.3 Å². The summed E-state index contributed by atoms with van der Waals surface area (Å²) in [5, 5.41) is 0.443. The van der Waals surface area contributed by atoms with Gasteiger partial charge in [0.25, 0.3) is 15.9 Å². The van der Waals surface area contributed by atoms with Gasteiger partial charge in [-0.1, -0.05) is 23.7 Å². The Hall–Kier alpha value is -1.13. The summed E-state index contributed by atoms with van der Waals surface area (Å²) in [5.74, 6) is 0.257. The number of carbonyl (C=O) groups excluding carboxylic acids is 1. The number of thiophene rings is 1. The van der Waals surface area contributed by atoms with Gasteiger partial charge in [-0.3, -0.25) is 4.79 Å². The highest BCUT2D eigenvalue weighted by molar-refractivity contribution is 9.11. The smallest absolute Gasteiger partial charge is 0.260 e. The summed E-state index contributed by atoms with van der Waals surface area (Å²) < 4.78 is 33.1. The maximum Gasteiger partial charge on any atom is 0.260 e. The zero-order chi connectivity index (χ0) is 18.7. The number of sulfonamides is 1. The minimum absolute atomic E-state index is 0.131. The van der Waals surface area contributed by atoms with Gasteiger partial charge in [0.1, 0.15) is 9.96 Å². The molecular formula is C16H16BrClN2O4S2. The zero-order valence-electron chi connectivity index (χ0n) is 13.6. The number of benzene rings is 1. The van der Waals surface area contributed by atoms with E-state index in [-0.39, 0.29) is 25.6 Å². The predicted octanol–water partition coefficient (Wildman–Crippen LogP) is 3.08. The standard InChI is InChI=1S/C16H16BrClN2O4S2/c17-14-5-6-16(25-14)26(22,23)20-9-7-19(8-10-20)15(21)11-24-13-4-2-1-3-12(13)18/h1-6H,7-11H2. The molecule has 2 heterocycles. The Morgan fingerprint density at radius 2 is 1.85 bits per heavy atom. The molecule has 1 saturated heterocycles. The molecule has 0 unspecified atom stereocenters. The van der Waals surface area contributed by atoms with Gasteiger partial charge in [0.2, 0.25) is 0 Å². The summed E-state index contributed by atoms with van der Waals surface area (Å²) >= 11 is 10.5. The molecule has 0 N–H and O–H groups in total. The minimum Gasteiger partial charge on any atom is -0.482 e. The van der Waals surface area contributed by atoms with Crippen molar-refractivity contribution in [2.24, 2.45) is 0 Å². The average Bonchev–Trinajstić information content (AvgIpc) is 3.08. The Labute approximate surface area is 169 Å². The second-order valence-corrected chi connectivity index (χ2v) is 10.6. The van der Waals surface area contributed by atoms with E-state index < -0.39 is 10.0 Å². The van der Waals surface area contributed by atoms with Crippen LogP contribution >= 0.6 is 38.9 Å². The summed E-state index contributed by atoms with van der Waals surface area (Å²) in [6.45, 7) is 1.05. The van der Waals surface area contributed by atoms with Crippen LogP contribution in [0.3, 0.4) is 0 Å². The maximum atomic E-state index is 12.6. The molecule has 1 aliphatic rings. The third kappa shape index (κ3) is 4.40. The fraction of sp³-hybridized carbons (Fsp3) is 0.312. The molecular weight excluding hydrogens is 464 g/mol. The Balaban J connectivity index is 1.55. The average molecular weight is 480 g/mol. The van der Waals surface area contributed by atoms with E-state index in [1.165, 1.54) is 15.6 Å². The third-order valence-corrected chi connectivity index (χ3v) is 8.22. The first-order chi connectivity index (χ1) is 12.4. The van der Waals surface area contributed by atoms with E-state index in [2.05, 4.69) is 15.9 Å². The number of halogens is 2. The lowest BCUT2D eigenvalue weighted by Gasteiger charge is -2.33. The van der Waals surface area contributed by atoms with Gasteiger partial charge in [-0.05, 0) is 40.2 Å². The van der Waals surface area contributed by atoms with E-state index in [9.17, 15) is 13.2 Å². The minimum atomic E-state index is -3.52. The van der Waals surface area contributed by atoms with Gasteiger partial charge in [0.05, 0.1) is 8.81 Å². The number of para-hydroxylation sites is 1. The quantitative estimate of drug-likeness (QED) is 0.661. The van der Waals surface area contributed by atoms with Crippen molar-refractivity contribution < 1.29 is 17.9 Å². The van der Waals surface area contributed by atoms with Crippen LogP contribution in [0, 0.1) is 0 Å². The Bertz CT molecular complexity index is 895. The second kappa shape index (κ2) is 8.26. The maximum absolute atomic E-state index is 12.6.